The molecular formula is C13H19BrN2O3S. The fourth-order valence-corrected chi connectivity index (χ4v) is 3.00. The molecule has 1 N–H and O–H groups in total. The van der Waals surface area contributed by atoms with Crippen LogP contribution >= 0.6 is 15.9 Å². The molecule has 1 rings (SSSR count). The lowest BCUT2D eigenvalue weighted by Gasteiger charge is -2.10. The SMILES string of the molecule is CN(C)CCNC(=O)CCS(=O)(=O)c1ccc(Br)cc1. The first-order chi connectivity index (χ1) is 9.31. The first-order valence-electron chi connectivity index (χ1n) is 6.21. The Kier molecular flexibility index (Phi) is 6.64. The van der Waals surface area contributed by atoms with Gasteiger partial charge in [-0.15, -0.1) is 0 Å². The van der Waals surface area contributed by atoms with Crippen LogP contribution in [0.3, 0.4) is 0 Å². The van der Waals surface area contributed by atoms with Crippen LogP contribution in [0, 0.1) is 0 Å². The normalized spacial score (nSPS) is 11.6. The molecule has 1 amide bonds. The van der Waals surface area contributed by atoms with Crippen molar-refractivity contribution in [1.29, 1.82) is 0 Å². The quantitative estimate of drug-likeness (QED) is 0.793. The largest absolute Gasteiger partial charge is 0.355 e. The molecule has 0 aliphatic carbocycles. The zero-order valence-electron chi connectivity index (χ0n) is 11.6. The first-order valence-corrected chi connectivity index (χ1v) is 8.65. The molecule has 0 atom stereocenters. The fraction of sp³-hybridized carbons (Fsp3) is 0.462. The molecule has 0 heterocycles. The van der Waals surface area contributed by atoms with E-state index in [-0.39, 0.29) is 23.0 Å². The predicted octanol–water partition coefficient (Wildman–Crippen LogP) is 1.29. The molecule has 20 heavy (non-hydrogen) atoms. The van der Waals surface area contributed by atoms with Crippen molar-refractivity contribution in [3.63, 3.8) is 0 Å². The Morgan fingerprint density at radius 2 is 1.85 bits per heavy atom. The molecule has 0 aliphatic heterocycles. The van der Waals surface area contributed by atoms with E-state index in [1.807, 2.05) is 19.0 Å². The molecule has 112 valence electrons. The molecule has 0 spiro atoms. The third-order valence-electron chi connectivity index (χ3n) is 2.65. The minimum atomic E-state index is -3.41. The van der Waals surface area contributed by atoms with Gasteiger partial charge in [0.2, 0.25) is 5.91 Å². The van der Waals surface area contributed by atoms with Gasteiger partial charge in [0.1, 0.15) is 0 Å². The van der Waals surface area contributed by atoms with E-state index >= 15 is 0 Å². The highest BCUT2D eigenvalue weighted by atomic mass is 79.9. The van der Waals surface area contributed by atoms with E-state index in [9.17, 15) is 13.2 Å². The molecule has 0 bridgehead atoms. The highest BCUT2D eigenvalue weighted by molar-refractivity contribution is 9.10. The summed E-state index contributed by atoms with van der Waals surface area (Å²) in [5, 5.41) is 2.69. The Morgan fingerprint density at radius 1 is 1.25 bits per heavy atom. The maximum absolute atomic E-state index is 12.0. The maximum atomic E-state index is 12.0. The first kappa shape index (κ1) is 17.1. The van der Waals surface area contributed by atoms with Gasteiger partial charge in [0.05, 0.1) is 10.6 Å². The minimum absolute atomic E-state index is 0.0220. The summed E-state index contributed by atoms with van der Waals surface area (Å²) in [5.41, 5.74) is 0. The summed E-state index contributed by atoms with van der Waals surface area (Å²) < 4.78 is 24.9. The van der Waals surface area contributed by atoms with Crippen LogP contribution in [0.1, 0.15) is 6.42 Å². The monoisotopic (exact) mass is 362 g/mol. The third kappa shape index (κ3) is 6.02. The highest BCUT2D eigenvalue weighted by Crippen LogP contribution is 2.16. The standard InChI is InChI=1S/C13H19BrN2O3S/c1-16(2)9-8-15-13(17)7-10-20(18,19)12-5-3-11(14)4-6-12/h3-6H,7-10H2,1-2H3,(H,15,17). The van der Waals surface area contributed by atoms with Crippen molar-refractivity contribution in [2.75, 3.05) is 32.9 Å². The topological polar surface area (TPSA) is 66.5 Å². The summed E-state index contributed by atoms with van der Waals surface area (Å²) in [4.78, 5) is 13.7. The zero-order valence-corrected chi connectivity index (χ0v) is 14.0. The number of likely N-dealkylation sites (N-methyl/N-ethyl adjacent to an activating group) is 1. The number of nitrogens with zero attached hydrogens (tertiary/aromatic N) is 1. The van der Waals surface area contributed by atoms with Gasteiger partial charge in [-0.2, -0.15) is 0 Å². The number of hydrogen-bond donors (Lipinski definition) is 1. The van der Waals surface area contributed by atoms with E-state index < -0.39 is 9.84 Å². The Balaban J connectivity index is 2.47. The second-order valence-corrected chi connectivity index (χ2v) is 7.70. The van der Waals surface area contributed by atoms with E-state index in [2.05, 4.69) is 21.2 Å². The van der Waals surface area contributed by atoms with Crippen molar-refractivity contribution in [3.05, 3.63) is 28.7 Å². The summed E-state index contributed by atoms with van der Waals surface area (Å²) >= 11 is 3.25. The summed E-state index contributed by atoms with van der Waals surface area (Å²) in [5.74, 6) is -0.421. The van der Waals surface area contributed by atoms with Gasteiger partial charge in [-0.3, -0.25) is 4.79 Å². The Labute approximate surface area is 128 Å². The summed E-state index contributed by atoms with van der Waals surface area (Å²) in [7, 11) is 0.408. The fourth-order valence-electron chi connectivity index (χ4n) is 1.49. The van der Waals surface area contributed by atoms with Gasteiger partial charge in [0.25, 0.3) is 0 Å². The average Bonchev–Trinajstić information content (AvgIpc) is 2.36. The van der Waals surface area contributed by atoms with Gasteiger partial charge in [0, 0.05) is 24.0 Å². The van der Waals surface area contributed by atoms with Gasteiger partial charge in [-0.05, 0) is 38.4 Å². The highest BCUT2D eigenvalue weighted by Gasteiger charge is 2.16. The number of hydrogen-bond acceptors (Lipinski definition) is 4. The molecule has 0 saturated carbocycles. The average molecular weight is 363 g/mol. The second-order valence-electron chi connectivity index (χ2n) is 4.68. The lowest BCUT2D eigenvalue weighted by molar-refractivity contribution is -0.120. The van der Waals surface area contributed by atoms with E-state index in [0.29, 0.717) is 6.54 Å². The van der Waals surface area contributed by atoms with Crippen molar-refractivity contribution in [2.24, 2.45) is 0 Å². The van der Waals surface area contributed by atoms with Crippen molar-refractivity contribution in [1.82, 2.24) is 10.2 Å². The summed E-state index contributed by atoms with van der Waals surface area (Å²) in [6.45, 7) is 1.25. The van der Waals surface area contributed by atoms with Crippen LogP contribution in [0.15, 0.2) is 33.6 Å². The van der Waals surface area contributed by atoms with Crippen molar-refractivity contribution < 1.29 is 13.2 Å². The molecule has 0 aromatic heterocycles. The van der Waals surface area contributed by atoms with Crippen LogP contribution in [-0.2, 0) is 14.6 Å². The Hall–Kier alpha value is -0.920. The number of rotatable bonds is 7. The van der Waals surface area contributed by atoms with Crippen molar-refractivity contribution in [2.45, 2.75) is 11.3 Å². The Bertz CT molecular complexity index is 541. The van der Waals surface area contributed by atoms with Gasteiger partial charge in [0.15, 0.2) is 9.84 Å². The second kappa shape index (κ2) is 7.75. The number of halogens is 1. The molecule has 7 heteroatoms. The van der Waals surface area contributed by atoms with E-state index in [4.69, 9.17) is 0 Å². The number of nitrogens with one attached hydrogen (secondary N) is 1. The number of benzene rings is 1. The lowest BCUT2D eigenvalue weighted by atomic mass is 10.4. The lowest BCUT2D eigenvalue weighted by Crippen LogP contribution is -2.32. The molecular weight excluding hydrogens is 344 g/mol. The van der Waals surface area contributed by atoms with Gasteiger partial charge in [-0.1, -0.05) is 15.9 Å². The molecule has 0 unspecified atom stereocenters. The summed E-state index contributed by atoms with van der Waals surface area (Å²) in [6.07, 6.45) is -0.0220. The molecule has 0 radical (unpaired) electrons. The molecule has 0 aliphatic rings. The third-order valence-corrected chi connectivity index (χ3v) is 4.91. The number of sulfone groups is 1. The van der Waals surface area contributed by atoms with Crippen LogP contribution in [0.5, 0.6) is 0 Å². The zero-order chi connectivity index (χ0) is 15.2. The van der Waals surface area contributed by atoms with Crippen LogP contribution < -0.4 is 5.32 Å². The van der Waals surface area contributed by atoms with Crippen LogP contribution in [0.25, 0.3) is 0 Å². The maximum Gasteiger partial charge on any atom is 0.221 e. The predicted molar refractivity (Wildman–Crippen MR) is 82.4 cm³/mol. The Morgan fingerprint density at radius 3 is 2.40 bits per heavy atom. The number of amides is 1. The van der Waals surface area contributed by atoms with Crippen LogP contribution in [0.2, 0.25) is 0 Å². The molecule has 5 nitrogen and oxygen atoms in total. The van der Waals surface area contributed by atoms with Crippen LogP contribution in [0.4, 0.5) is 0 Å². The molecule has 0 fully saturated rings. The van der Waals surface area contributed by atoms with E-state index in [1.165, 1.54) is 12.1 Å². The van der Waals surface area contributed by atoms with Crippen molar-refractivity contribution in [3.8, 4) is 0 Å². The van der Waals surface area contributed by atoms with E-state index in [1.54, 1.807) is 12.1 Å². The molecule has 0 saturated heterocycles. The number of carbonyl (C=O) groups is 1. The van der Waals surface area contributed by atoms with Gasteiger partial charge in [-0.25, -0.2) is 8.42 Å². The summed E-state index contributed by atoms with van der Waals surface area (Å²) in [6, 6.07) is 6.40. The molecule has 1 aromatic carbocycles. The van der Waals surface area contributed by atoms with Gasteiger partial charge < -0.3 is 10.2 Å². The van der Waals surface area contributed by atoms with E-state index in [0.717, 1.165) is 11.0 Å². The van der Waals surface area contributed by atoms with Crippen LogP contribution in [-0.4, -0.2) is 52.2 Å². The van der Waals surface area contributed by atoms with Crippen molar-refractivity contribution >= 4 is 31.7 Å². The minimum Gasteiger partial charge on any atom is -0.355 e. The van der Waals surface area contributed by atoms with Gasteiger partial charge >= 0.3 is 0 Å². The molecule has 1 aromatic rings. The number of carbonyl (C=O) groups excluding carboxylic acids is 1. The smallest absolute Gasteiger partial charge is 0.221 e.